The van der Waals surface area contributed by atoms with E-state index >= 15 is 0 Å². The maximum Gasteiger partial charge on any atom is 0.140 e. The lowest BCUT2D eigenvalue weighted by Crippen LogP contribution is -2.41. The van der Waals surface area contributed by atoms with Crippen LogP contribution in [-0.4, -0.2) is 32.8 Å². The summed E-state index contributed by atoms with van der Waals surface area (Å²) in [5.41, 5.74) is 3.84. The average molecular weight is 301 g/mol. The molecule has 0 N–H and O–H groups in total. The largest absolute Gasteiger partial charge is 0.428 e. The molecule has 0 aromatic heterocycles. The van der Waals surface area contributed by atoms with Crippen molar-refractivity contribution >= 4 is 26.1 Å². The Balaban J connectivity index is 1.96. The second kappa shape index (κ2) is 6.47. The molecule has 3 rings (SSSR count). The highest BCUT2D eigenvalue weighted by atomic mass is 29.5. The van der Waals surface area contributed by atoms with Crippen molar-refractivity contribution in [1.82, 2.24) is 0 Å². The maximum atomic E-state index is 5.76. The van der Waals surface area contributed by atoms with Gasteiger partial charge in [-0.05, 0) is 22.7 Å². The van der Waals surface area contributed by atoms with E-state index in [1.807, 2.05) is 0 Å². The summed E-state index contributed by atoms with van der Waals surface area (Å²) in [6.45, 7) is 1.06. The Morgan fingerprint density at radius 2 is 1.47 bits per heavy atom. The molecule has 1 heterocycles. The Morgan fingerprint density at radius 1 is 0.895 bits per heavy atom. The molecule has 1 atom stereocenters. The Hall–Kier alpha value is -0.949. The lowest BCUT2D eigenvalue weighted by molar-refractivity contribution is 0.366. The molecule has 2 aromatic carbocycles. The zero-order chi connectivity index (χ0) is 12.9. The smallest absolute Gasteiger partial charge is 0.140 e. The third-order valence-corrected chi connectivity index (χ3v) is 23.5. The van der Waals surface area contributed by atoms with E-state index in [-0.39, 0.29) is 17.8 Å². The molecule has 19 heavy (non-hydrogen) atoms. The first-order valence-electron chi connectivity index (χ1n) is 7.13. The van der Waals surface area contributed by atoms with Crippen LogP contribution in [0.3, 0.4) is 0 Å². The van der Waals surface area contributed by atoms with Crippen molar-refractivity contribution in [3.63, 3.8) is 0 Å². The van der Waals surface area contributed by atoms with Gasteiger partial charge < -0.3 is 4.43 Å². The predicted molar refractivity (Wildman–Crippen MR) is 89.7 cm³/mol. The molecule has 4 heteroatoms. The zero-order valence-corrected chi connectivity index (χ0v) is 15.1. The molecule has 1 unspecified atom stereocenters. The fraction of sp³-hybridized carbons (Fsp3) is 0.200. The van der Waals surface area contributed by atoms with Gasteiger partial charge >= 0.3 is 0 Å². The van der Waals surface area contributed by atoms with Crippen LogP contribution in [-0.2, 0) is 4.43 Å². The Labute approximate surface area is 121 Å². The molecule has 1 nitrogen and oxygen atoms in total. The Kier molecular flexibility index (Phi) is 4.45. The van der Waals surface area contributed by atoms with E-state index in [0.717, 1.165) is 12.1 Å². The summed E-state index contributed by atoms with van der Waals surface area (Å²) in [6.07, 6.45) is 0. The second-order valence-corrected chi connectivity index (χ2v) is 20.7. The Morgan fingerprint density at radius 3 is 1.95 bits per heavy atom. The van der Waals surface area contributed by atoms with E-state index in [1.54, 1.807) is 11.1 Å². The highest BCUT2D eigenvalue weighted by Crippen LogP contribution is 2.29. The summed E-state index contributed by atoms with van der Waals surface area (Å²) in [5.74, 6) is 0. The van der Waals surface area contributed by atoms with E-state index in [2.05, 4.69) is 60.7 Å². The molecule has 0 saturated carbocycles. The van der Waals surface area contributed by atoms with E-state index in [1.165, 1.54) is 6.04 Å². The number of benzene rings is 2. The summed E-state index contributed by atoms with van der Waals surface area (Å²) in [4.78, 5) is 0. The van der Waals surface area contributed by atoms with Gasteiger partial charge in [0.2, 0.25) is 0 Å². The molecule has 2 aromatic rings. The third kappa shape index (κ3) is 3.14. The van der Waals surface area contributed by atoms with Crippen LogP contribution in [0.25, 0.3) is 0 Å². The van der Waals surface area contributed by atoms with Crippen molar-refractivity contribution in [3.05, 3.63) is 71.8 Å². The van der Waals surface area contributed by atoms with Crippen molar-refractivity contribution < 1.29 is 4.43 Å². The molecule has 1 aliphatic heterocycles. The lowest BCUT2D eigenvalue weighted by Gasteiger charge is -2.29. The number of hydrogen-bond donors (Lipinski definition) is 0. The maximum absolute atomic E-state index is 5.76. The minimum Gasteiger partial charge on any atom is -0.428 e. The van der Waals surface area contributed by atoms with Gasteiger partial charge in [-0.3, -0.25) is 0 Å². The first-order valence-corrected chi connectivity index (χ1v) is 16.5. The summed E-state index contributed by atoms with van der Waals surface area (Å²) < 4.78 is 5.76. The molecule has 0 bridgehead atoms. The third-order valence-electron chi connectivity index (χ3n) is 4.05. The van der Waals surface area contributed by atoms with E-state index < -0.39 is 8.31 Å². The first kappa shape index (κ1) is 13.1. The second-order valence-electron chi connectivity index (χ2n) is 5.25. The SMILES string of the molecule is c1ccc(C(c2ccccc2)[SiH]2CCO[SiH2][SiH2]2)cc1. The summed E-state index contributed by atoms with van der Waals surface area (Å²) >= 11 is 0. The standard InChI is InChI=1S/C15H20OSi3/c1-3-7-13(8-4-1)15(14-9-5-2-6-10-14)19-12-11-16-17-18-19/h1-10,15,19H,11-12,17-18H2. The minimum absolute atomic E-state index is 0.0909. The number of rotatable bonds is 3. The zero-order valence-electron chi connectivity index (χ0n) is 11.2. The van der Waals surface area contributed by atoms with Gasteiger partial charge in [-0.25, -0.2) is 0 Å². The van der Waals surface area contributed by atoms with E-state index in [4.69, 9.17) is 4.43 Å². The van der Waals surface area contributed by atoms with Crippen molar-refractivity contribution in [3.8, 4) is 0 Å². The van der Waals surface area contributed by atoms with Gasteiger partial charge in [0.25, 0.3) is 0 Å². The van der Waals surface area contributed by atoms with Crippen LogP contribution in [0.4, 0.5) is 0 Å². The summed E-state index contributed by atoms with van der Waals surface area (Å²) in [6, 6.07) is 23.7. The van der Waals surface area contributed by atoms with Crippen LogP contribution in [0.2, 0.25) is 6.04 Å². The minimum atomic E-state index is -0.619. The van der Waals surface area contributed by atoms with Gasteiger partial charge in [0.15, 0.2) is 0 Å². The van der Waals surface area contributed by atoms with Gasteiger partial charge in [-0.2, -0.15) is 0 Å². The van der Waals surface area contributed by atoms with Gasteiger partial charge in [0.05, 0.1) is 0 Å². The molecule has 0 radical (unpaired) electrons. The van der Waals surface area contributed by atoms with Crippen LogP contribution in [0.5, 0.6) is 0 Å². The molecule has 0 amide bonds. The van der Waals surface area contributed by atoms with Crippen molar-refractivity contribution in [2.24, 2.45) is 0 Å². The van der Waals surface area contributed by atoms with Crippen molar-refractivity contribution in [2.75, 3.05) is 6.61 Å². The van der Waals surface area contributed by atoms with E-state index in [0.29, 0.717) is 0 Å². The molecular formula is C15H20OSi3. The van der Waals surface area contributed by atoms with Crippen LogP contribution in [0.15, 0.2) is 60.7 Å². The van der Waals surface area contributed by atoms with Crippen LogP contribution in [0.1, 0.15) is 16.7 Å². The highest BCUT2D eigenvalue weighted by molar-refractivity contribution is 7.35. The molecule has 1 fully saturated rings. The van der Waals surface area contributed by atoms with Crippen LogP contribution in [0, 0.1) is 0 Å². The molecular weight excluding hydrogens is 280 g/mol. The fourth-order valence-corrected chi connectivity index (χ4v) is 23.1. The fourth-order valence-electron chi connectivity index (χ4n) is 3.11. The topological polar surface area (TPSA) is 9.23 Å². The molecule has 98 valence electrons. The van der Waals surface area contributed by atoms with Gasteiger partial charge in [0.1, 0.15) is 9.28 Å². The highest BCUT2D eigenvalue weighted by Gasteiger charge is 2.28. The average Bonchev–Trinajstić information content (AvgIpc) is 2.51. The van der Waals surface area contributed by atoms with E-state index in [9.17, 15) is 0 Å². The van der Waals surface area contributed by atoms with Crippen LogP contribution < -0.4 is 0 Å². The van der Waals surface area contributed by atoms with Gasteiger partial charge in [-0.15, -0.1) is 0 Å². The quantitative estimate of drug-likeness (QED) is 0.776. The normalized spacial score (nSPS) is 22.1. The predicted octanol–water partition coefficient (Wildman–Crippen LogP) is 1.28. The molecule has 0 spiro atoms. The summed E-state index contributed by atoms with van der Waals surface area (Å²) in [5, 5.41) is 0. The Bertz CT molecular complexity index is 458. The van der Waals surface area contributed by atoms with Crippen LogP contribution >= 0.6 is 0 Å². The first-order chi connectivity index (χ1) is 9.45. The lowest BCUT2D eigenvalue weighted by atomic mass is 10.0. The van der Waals surface area contributed by atoms with Gasteiger partial charge in [-0.1, -0.05) is 60.7 Å². The molecule has 1 aliphatic rings. The molecule has 1 saturated heterocycles. The molecule has 0 aliphatic carbocycles. The number of hydrogen-bond acceptors (Lipinski definition) is 1. The van der Waals surface area contributed by atoms with Crippen molar-refractivity contribution in [1.29, 1.82) is 0 Å². The van der Waals surface area contributed by atoms with Gasteiger partial charge in [0, 0.05) is 23.5 Å². The van der Waals surface area contributed by atoms with Crippen molar-refractivity contribution in [2.45, 2.75) is 11.6 Å². The summed E-state index contributed by atoms with van der Waals surface area (Å²) in [7, 11) is -0.567. The monoisotopic (exact) mass is 300 g/mol.